The maximum Gasteiger partial charge on any atom is 0.253 e. The topological polar surface area (TPSA) is 29.5 Å². The van der Waals surface area contributed by atoms with E-state index in [4.69, 9.17) is 4.74 Å². The van der Waals surface area contributed by atoms with E-state index < -0.39 is 0 Å². The van der Waals surface area contributed by atoms with Crippen LogP contribution in [0.4, 0.5) is 0 Å². The molecular weight excluding hydrogens is 318 g/mol. The van der Waals surface area contributed by atoms with Crippen LogP contribution in [0.5, 0.6) is 5.75 Å². The highest BCUT2D eigenvalue weighted by Crippen LogP contribution is 2.30. The van der Waals surface area contributed by atoms with Crippen molar-refractivity contribution in [3.8, 4) is 5.75 Å². The average molecular weight is 343 g/mol. The Bertz CT molecular complexity index is 628. The van der Waals surface area contributed by atoms with E-state index in [2.05, 4.69) is 23.8 Å². The van der Waals surface area contributed by atoms with E-state index in [9.17, 15) is 4.79 Å². The van der Waals surface area contributed by atoms with Crippen LogP contribution in [-0.4, -0.2) is 30.5 Å². The molecule has 3 nitrogen and oxygen atoms in total. The Balaban J connectivity index is 1.53. The number of benzene rings is 1. The fourth-order valence-electron chi connectivity index (χ4n) is 3.13. The highest BCUT2D eigenvalue weighted by atomic mass is 32.1. The lowest BCUT2D eigenvalue weighted by molar-refractivity contribution is 0.0713. The molecule has 3 rings (SSSR count). The van der Waals surface area contributed by atoms with Crippen LogP contribution in [-0.2, 0) is 0 Å². The Morgan fingerprint density at radius 3 is 2.58 bits per heavy atom. The van der Waals surface area contributed by atoms with Gasteiger partial charge < -0.3 is 9.64 Å². The van der Waals surface area contributed by atoms with Crippen molar-refractivity contribution in [1.29, 1.82) is 0 Å². The Morgan fingerprint density at radius 2 is 1.96 bits per heavy atom. The summed E-state index contributed by atoms with van der Waals surface area (Å²) < 4.78 is 5.66. The fraction of sp³-hybridized carbons (Fsp3) is 0.450. The van der Waals surface area contributed by atoms with E-state index >= 15 is 0 Å². The molecule has 0 spiro atoms. The molecule has 0 saturated carbocycles. The number of carbonyl (C=O) groups is 1. The number of hydrogen-bond donors (Lipinski definition) is 0. The molecule has 1 fully saturated rings. The van der Waals surface area contributed by atoms with Gasteiger partial charge in [0.15, 0.2) is 0 Å². The van der Waals surface area contributed by atoms with Crippen LogP contribution in [0.2, 0.25) is 0 Å². The molecule has 1 aromatic heterocycles. The fourth-order valence-corrected chi connectivity index (χ4v) is 3.88. The van der Waals surface area contributed by atoms with Crippen LogP contribution in [0.15, 0.2) is 41.1 Å². The number of nitrogens with zero attached hydrogens (tertiary/aromatic N) is 1. The average Bonchev–Trinajstić information content (AvgIpc) is 3.17. The second kappa shape index (κ2) is 8.34. The number of hydrogen-bond acceptors (Lipinski definition) is 3. The van der Waals surface area contributed by atoms with Crippen LogP contribution >= 0.6 is 11.3 Å². The standard InChI is InChI=1S/C20H25NO2S/c1-2-3-13-23-19-6-4-17(5-7-19)20(22)21-11-8-16(9-12-21)18-10-14-24-15-18/h4-7,10,14-16H,2-3,8-9,11-13H2,1H3. The third-order valence-electron chi connectivity index (χ3n) is 4.66. The highest BCUT2D eigenvalue weighted by Gasteiger charge is 2.24. The number of carbonyl (C=O) groups excluding carboxylic acids is 1. The highest BCUT2D eigenvalue weighted by molar-refractivity contribution is 7.07. The first-order valence-electron chi connectivity index (χ1n) is 8.82. The van der Waals surface area contributed by atoms with Crippen molar-refractivity contribution in [2.75, 3.05) is 19.7 Å². The van der Waals surface area contributed by atoms with Crippen molar-refractivity contribution >= 4 is 17.2 Å². The van der Waals surface area contributed by atoms with Gasteiger partial charge in [-0.25, -0.2) is 0 Å². The summed E-state index contributed by atoms with van der Waals surface area (Å²) in [6.07, 6.45) is 4.29. The number of piperidine rings is 1. The van der Waals surface area contributed by atoms with Crippen LogP contribution in [0, 0.1) is 0 Å². The molecule has 0 bridgehead atoms. The SMILES string of the molecule is CCCCOc1ccc(C(=O)N2CCC(c3ccsc3)CC2)cc1. The summed E-state index contributed by atoms with van der Waals surface area (Å²) in [5.74, 6) is 1.59. The van der Waals surface area contributed by atoms with Gasteiger partial charge in [-0.05, 0) is 71.8 Å². The van der Waals surface area contributed by atoms with Crippen molar-refractivity contribution in [1.82, 2.24) is 4.90 Å². The van der Waals surface area contributed by atoms with Gasteiger partial charge in [0.2, 0.25) is 0 Å². The van der Waals surface area contributed by atoms with Gasteiger partial charge in [-0.1, -0.05) is 13.3 Å². The van der Waals surface area contributed by atoms with E-state index in [0.717, 1.165) is 56.7 Å². The second-order valence-electron chi connectivity index (χ2n) is 6.35. The molecule has 1 aromatic carbocycles. The maximum atomic E-state index is 12.7. The minimum Gasteiger partial charge on any atom is -0.494 e. The van der Waals surface area contributed by atoms with Gasteiger partial charge in [-0.3, -0.25) is 4.79 Å². The predicted octanol–water partition coefficient (Wildman–Crippen LogP) is 4.95. The van der Waals surface area contributed by atoms with Crippen molar-refractivity contribution in [2.45, 2.75) is 38.5 Å². The van der Waals surface area contributed by atoms with Crippen molar-refractivity contribution in [2.24, 2.45) is 0 Å². The molecule has 0 aliphatic carbocycles. The molecule has 0 N–H and O–H groups in total. The van der Waals surface area contributed by atoms with Crippen LogP contribution < -0.4 is 4.74 Å². The molecule has 128 valence electrons. The summed E-state index contributed by atoms with van der Waals surface area (Å²) in [6, 6.07) is 9.79. The summed E-state index contributed by atoms with van der Waals surface area (Å²) in [5, 5.41) is 4.37. The second-order valence-corrected chi connectivity index (χ2v) is 7.13. The van der Waals surface area contributed by atoms with E-state index in [1.807, 2.05) is 29.2 Å². The molecule has 24 heavy (non-hydrogen) atoms. The number of unbranched alkanes of at least 4 members (excludes halogenated alkanes) is 1. The molecule has 1 aliphatic rings. The number of likely N-dealkylation sites (tertiary alicyclic amines) is 1. The zero-order valence-corrected chi connectivity index (χ0v) is 15.1. The molecule has 1 saturated heterocycles. The monoisotopic (exact) mass is 343 g/mol. The summed E-state index contributed by atoms with van der Waals surface area (Å²) >= 11 is 1.75. The Kier molecular flexibility index (Phi) is 5.91. The zero-order valence-electron chi connectivity index (χ0n) is 14.2. The first-order chi connectivity index (χ1) is 11.8. The predicted molar refractivity (Wildman–Crippen MR) is 99.0 cm³/mol. The van der Waals surface area contributed by atoms with Gasteiger partial charge >= 0.3 is 0 Å². The molecular formula is C20H25NO2S. The molecule has 0 unspecified atom stereocenters. The molecule has 2 heterocycles. The first-order valence-corrected chi connectivity index (χ1v) is 9.76. The molecule has 0 atom stereocenters. The number of rotatable bonds is 6. The summed E-state index contributed by atoms with van der Waals surface area (Å²) in [6.45, 7) is 4.56. The van der Waals surface area contributed by atoms with Gasteiger partial charge in [0, 0.05) is 18.7 Å². The summed E-state index contributed by atoms with van der Waals surface area (Å²) in [4.78, 5) is 14.6. The van der Waals surface area contributed by atoms with E-state index in [-0.39, 0.29) is 5.91 Å². The van der Waals surface area contributed by atoms with Gasteiger partial charge in [0.05, 0.1) is 6.61 Å². The third kappa shape index (κ3) is 4.18. The van der Waals surface area contributed by atoms with Crippen molar-refractivity contribution in [3.63, 3.8) is 0 Å². The van der Waals surface area contributed by atoms with Crippen LogP contribution in [0.25, 0.3) is 0 Å². The zero-order chi connectivity index (χ0) is 16.8. The smallest absolute Gasteiger partial charge is 0.253 e. The minimum atomic E-state index is 0.138. The van der Waals surface area contributed by atoms with E-state index in [1.54, 1.807) is 11.3 Å². The Labute approximate surface area is 148 Å². The van der Waals surface area contributed by atoms with Gasteiger partial charge in [-0.15, -0.1) is 0 Å². The molecule has 4 heteroatoms. The number of ether oxygens (including phenoxy) is 1. The third-order valence-corrected chi connectivity index (χ3v) is 5.37. The normalized spacial score (nSPS) is 15.5. The quantitative estimate of drug-likeness (QED) is 0.695. The van der Waals surface area contributed by atoms with Crippen molar-refractivity contribution in [3.05, 3.63) is 52.2 Å². The lowest BCUT2D eigenvalue weighted by Gasteiger charge is -2.32. The van der Waals surface area contributed by atoms with Gasteiger partial charge in [-0.2, -0.15) is 11.3 Å². The van der Waals surface area contributed by atoms with Gasteiger partial charge in [0.25, 0.3) is 5.91 Å². The molecule has 0 radical (unpaired) electrons. The minimum absolute atomic E-state index is 0.138. The summed E-state index contributed by atoms with van der Waals surface area (Å²) in [7, 11) is 0. The van der Waals surface area contributed by atoms with Crippen LogP contribution in [0.3, 0.4) is 0 Å². The number of thiophene rings is 1. The first kappa shape index (κ1) is 17.0. The van der Waals surface area contributed by atoms with Crippen molar-refractivity contribution < 1.29 is 9.53 Å². The molecule has 1 aliphatic heterocycles. The maximum absolute atomic E-state index is 12.7. The Morgan fingerprint density at radius 1 is 1.21 bits per heavy atom. The lowest BCUT2D eigenvalue weighted by Crippen LogP contribution is -2.37. The van der Waals surface area contributed by atoms with E-state index in [0.29, 0.717) is 5.92 Å². The largest absolute Gasteiger partial charge is 0.494 e. The molecule has 1 amide bonds. The Hall–Kier alpha value is -1.81. The van der Waals surface area contributed by atoms with E-state index in [1.165, 1.54) is 5.56 Å². The number of amides is 1. The molecule has 2 aromatic rings. The summed E-state index contributed by atoms with van der Waals surface area (Å²) in [5.41, 5.74) is 2.19. The van der Waals surface area contributed by atoms with Gasteiger partial charge in [0.1, 0.15) is 5.75 Å². The lowest BCUT2D eigenvalue weighted by atomic mass is 9.91. The van der Waals surface area contributed by atoms with Crippen LogP contribution in [0.1, 0.15) is 54.4 Å².